The second-order valence-corrected chi connectivity index (χ2v) is 16.9. The van der Waals surface area contributed by atoms with Gasteiger partial charge in [-0.05, 0) is 41.2 Å². The quantitative estimate of drug-likeness (QED) is 0.0601. The van der Waals surface area contributed by atoms with Gasteiger partial charge in [-0.3, -0.25) is 44.8 Å². The third kappa shape index (κ3) is 10.3. The van der Waals surface area contributed by atoms with Crippen molar-refractivity contribution in [1.82, 2.24) is 31.1 Å². The van der Waals surface area contributed by atoms with Crippen molar-refractivity contribution < 1.29 is 34.2 Å². The molecule has 53 heavy (non-hydrogen) atoms. The fourth-order valence-electron chi connectivity index (χ4n) is 7.38. The van der Waals surface area contributed by atoms with Crippen molar-refractivity contribution in [3.63, 3.8) is 0 Å². The van der Waals surface area contributed by atoms with Crippen LogP contribution in [0.1, 0.15) is 89.6 Å². The summed E-state index contributed by atoms with van der Waals surface area (Å²) >= 11 is 0. The Bertz CT molecular complexity index is 1530. The molecule has 6 N–H and O–H groups in total. The van der Waals surface area contributed by atoms with E-state index in [0.29, 0.717) is 30.5 Å². The molecular formula is C40H60N6O7. The fraction of sp³-hybridized carbons (Fsp3) is 0.625. The number of amides is 4. The van der Waals surface area contributed by atoms with Gasteiger partial charge in [-0.15, -0.1) is 13.2 Å². The van der Waals surface area contributed by atoms with Crippen molar-refractivity contribution in [2.45, 2.75) is 117 Å². The van der Waals surface area contributed by atoms with Gasteiger partial charge in [0.2, 0.25) is 17.6 Å². The molecule has 292 valence electrons. The van der Waals surface area contributed by atoms with E-state index >= 15 is 0 Å². The van der Waals surface area contributed by atoms with Crippen LogP contribution in [0.5, 0.6) is 0 Å². The Morgan fingerprint density at radius 2 is 1.64 bits per heavy atom. The SMILES string of the molecule is C=CCNC(=O)C(=O)C(CC1CCC1)NC(O)[C@@H]1[C@@H](C=C)CCN1C(=O)[C@@H](NC(O)N[C@H](CN1C(=O)Cc2ccccc2C1=O)C(C)(C)C)C(C)(C)C. The second kappa shape index (κ2) is 17.6. The van der Waals surface area contributed by atoms with Gasteiger partial charge >= 0.3 is 0 Å². The van der Waals surface area contributed by atoms with E-state index in [4.69, 9.17) is 0 Å². The van der Waals surface area contributed by atoms with Crippen LogP contribution >= 0.6 is 0 Å². The summed E-state index contributed by atoms with van der Waals surface area (Å²) in [5.74, 6) is -2.60. The maximum absolute atomic E-state index is 14.5. The highest BCUT2D eigenvalue weighted by atomic mass is 16.3. The molecule has 0 aromatic heterocycles. The topological polar surface area (TPSA) is 180 Å². The molecular weight excluding hydrogens is 676 g/mol. The molecule has 0 spiro atoms. The van der Waals surface area contributed by atoms with E-state index in [1.165, 1.54) is 11.0 Å². The average Bonchev–Trinajstić information content (AvgIpc) is 3.51. The molecule has 1 aliphatic carbocycles. The maximum atomic E-state index is 14.5. The molecule has 4 rings (SSSR count). The number of carbonyl (C=O) groups excluding carboxylic acids is 5. The highest BCUT2D eigenvalue weighted by molar-refractivity contribution is 6.38. The van der Waals surface area contributed by atoms with E-state index in [0.717, 1.165) is 19.3 Å². The van der Waals surface area contributed by atoms with Crippen molar-refractivity contribution >= 4 is 29.4 Å². The van der Waals surface area contributed by atoms with E-state index in [1.807, 2.05) is 41.5 Å². The molecule has 13 nitrogen and oxygen atoms in total. The summed E-state index contributed by atoms with van der Waals surface area (Å²) in [5, 5.41) is 34.9. The lowest BCUT2D eigenvalue weighted by molar-refractivity contribution is -0.143. The van der Waals surface area contributed by atoms with Gasteiger partial charge in [-0.2, -0.15) is 0 Å². The zero-order chi connectivity index (χ0) is 39.2. The summed E-state index contributed by atoms with van der Waals surface area (Å²) in [6.45, 7) is 19.3. The summed E-state index contributed by atoms with van der Waals surface area (Å²) in [4.78, 5) is 69.7. The Morgan fingerprint density at radius 1 is 0.962 bits per heavy atom. The summed E-state index contributed by atoms with van der Waals surface area (Å²) in [6, 6.07) is 3.76. The zero-order valence-corrected chi connectivity index (χ0v) is 32.2. The number of hydrogen-bond donors (Lipinski definition) is 6. The van der Waals surface area contributed by atoms with Crippen molar-refractivity contribution in [2.75, 3.05) is 19.6 Å². The van der Waals surface area contributed by atoms with Crippen LogP contribution in [0, 0.1) is 22.7 Å². The molecule has 3 unspecified atom stereocenters. The lowest BCUT2D eigenvalue weighted by atomic mass is 9.80. The molecule has 13 heteroatoms. The fourth-order valence-corrected chi connectivity index (χ4v) is 7.38. The van der Waals surface area contributed by atoms with E-state index in [1.54, 1.807) is 35.2 Å². The van der Waals surface area contributed by atoms with Crippen molar-refractivity contribution in [3.8, 4) is 0 Å². The molecule has 7 atom stereocenters. The number of rotatable bonds is 17. The second-order valence-electron chi connectivity index (χ2n) is 16.9. The molecule has 2 heterocycles. The van der Waals surface area contributed by atoms with Crippen LogP contribution in [0.4, 0.5) is 0 Å². The zero-order valence-electron chi connectivity index (χ0n) is 32.2. The number of Topliss-reactive ketones (excluding diaryl/α,β-unsaturated/α-hetero) is 1. The Hall–Kier alpha value is -3.75. The van der Waals surface area contributed by atoms with Crippen LogP contribution in [0.2, 0.25) is 0 Å². The van der Waals surface area contributed by atoms with Gasteiger partial charge in [0, 0.05) is 37.2 Å². The molecule has 0 bridgehead atoms. The van der Waals surface area contributed by atoms with Gasteiger partial charge in [0.25, 0.3) is 11.8 Å². The number of hydrogen-bond acceptors (Lipinski definition) is 10. The number of aliphatic hydroxyl groups excluding tert-OH is 2. The Kier molecular flexibility index (Phi) is 13.9. The molecule has 1 saturated carbocycles. The smallest absolute Gasteiger partial charge is 0.289 e. The summed E-state index contributed by atoms with van der Waals surface area (Å²) in [7, 11) is 0. The number of benzene rings is 1. The molecule has 0 radical (unpaired) electrons. The number of fused-ring (bicyclic) bond motifs is 1. The first-order chi connectivity index (χ1) is 24.9. The van der Waals surface area contributed by atoms with E-state index < -0.39 is 65.2 Å². The lowest BCUT2D eigenvalue weighted by Gasteiger charge is -2.41. The third-order valence-corrected chi connectivity index (χ3v) is 10.9. The van der Waals surface area contributed by atoms with E-state index in [-0.39, 0.29) is 43.2 Å². The first kappa shape index (κ1) is 42.0. The first-order valence-corrected chi connectivity index (χ1v) is 18.8. The number of carbonyl (C=O) groups is 5. The largest absolute Gasteiger partial charge is 0.376 e. The highest BCUT2D eigenvalue weighted by Crippen LogP contribution is 2.34. The van der Waals surface area contributed by atoms with Crippen molar-refractivity contribution in [1.29, 1.82) is 0 Å². The van der Waals surface area contributed by atoms with Gasteiger partial charge in [0.15, 0.2) is 6.35 Å². The Balaban J connectivity index is 1.51. The standard InChI is InChI=1S/C40H60N6O7/c1-9-19-41-35(50)32(48)28(21-24-14-13-15-24)42-34(49)31-25(10-2)18-20-45(31)37(52)33(40(6,7)8)44-38(53)43-29(39(3,4)5)23-46-30(47)22-26-16-11-12-17-27(26)36(46)51/h9-12,16-17,24-25,28-29,31,33-34,38,42-44,49,53H,1-2,13-15,18-23H2,3-8H3,(H,41,50)/t25-,28?,29+,31-,33+,34?,38?/m0/s1. The summed E-state index contributed by atoms with van der Waals surface area (Å²) in [5.41, 5.74) is -0.0901. The van der Waals surface area contributed by atoms with E-state index in [2.05, 4.69) is 34.4 Å². The molecule has 1 aromatic carbocycles. The minimum Gasteiger partial charge on any atom is -0.376 e. The number of likely N-dealkylation sites (tertiary alicyclic amines) is 1. The van der Waals surface area contributed by atoms with Crippen LogP contribution < -0.4 is 21.3 Å². The van der Waals surface area contributed by atoms with Crippen molar-refractivity contribution in [3.05, 3.63) is 60.7 Å². The average molecular weight is 737 g/mol. The monoisotopic (exact) mass is 736 g/mol. The van der Waals surface area contributed by atoms with Crippen LogP contribution in [0.25, 0.3) is 0 Å². The number of nitrogens with zero attached hydrogens (tertiary/aromatic N) is 2. The van der Waals surface area contributed by atoms with Crippen LogP contribution in [0.3, 0.4) is 0 Å². The molecule has 1 saturated heterocycles. The maximum Gasteiger partial charge on any atom is 0.289 e. The number of ketones is 1. The van der Waals surface area contributed by atoms with Gasteiger partial charge in [-0.25, -0.2) is 0 Å². The predicted molar refractivity (Wildman–Crippen MR) is 202 cm³/mol. The van der Waals surface area contributed by atoms with Gasteiger partial charge in [0.1, 0.15) is 6.23 Å². The molecule has 2 fully saturated rings. The molecule has 4 amide bonds. The van der Waals surface area contributed by atoms with Gasteiger partial charge in [-0.1, -0.05) is 91.2 Å². The molecule has 1 aromatic rings. The number of imide groups is 1. The summed E-state index contributed by atoms with van der Waals surface area (Å²) < 4.78 is 0. The highest BCUT2D eigenvalue weighted by Gasteiger charge is 2.46. The lowest BCUT2D eigenvalue weighted by Crippen LogP contribution is -2.65. The molecule has 2 aliphatic heterocycles. The number of aliphatic hydroxyl groups is 2. The van der Waals surface area contributed by atoms with Crippen molar-refractivity contribution in [2.24, 2.45) is 22.7 Å². The summed E-state index contributed by atoms with van der Waals surface area (Å²) in [6.07, 6.45) is 4.30. The predicted octanol–water partition coefficient (Wildman–Crippen LogP) is 2.24. The Morgan fingerprint density at radius 3 is 2.23 bits per heavy atom. The van der Waals surface area contributed by atoms with Gasteiger partial charge in [0.05, 0.1) is 24.5 Å². The molecule has 3 aliphatic rings. The third-order valence-electron chi connectivity index (χ3n) is 10.9. The van der Waals surface area contributed by atoms with Crippen LogP contribution in [0.15, 0.2) is 49.6 Å². The van der Waals surface area contributed by atoms with Crippen LogP contribution in [-0.4, -0.2) is 106 Å². The number of nitrogens with one attached hydrogen (secondary N) is 4. The minimum absolute atomic E-state index is 0.00179. The van der Waals surface area contributed by atoms with Gasteiger partial charge < -0.3 is 20.4 Å². The normalized spacial score (nSPS) is 22.3. The van der Waals surface area contributed by atoms with Crippen LogP contribution in [-0.2, 0) is 25.6 Å². The minimum atomic E-state index is -1.42. The first-order valence-electron chi connectivity index (χ1n) is 18.8. The Labute approximate surface area is 314 Å². The van der Waals surface area contributed by atoms with E-state index in [9.17, 15) is 34.2 Å².